The molecule has 0 aliphatic heterocycles. The summed E-state index contributed by atoms with van der Waals surface area (Å²) in [7, 11) is 1.66. The molecule has 0 radical (unpaired) electrons. The van der Waals surface area contributed by atoms with Gasteiger partial charge in [-0.25, -0.2) is 0 Å². The molecule has 3 aromatic rings. The van der Waals surface area contributed by atoms with E-state index in [1.807, 2.05) is 60.7 Å². The van der Waals surface area contributed by atoms with E-state index in [1.165, 1.54) is 5.56 Å². The van der Waals surface area contributed by atoms with Crippen LogP contribution in [0.15, 0.2) is 65.7 Å². The van der Waals surface area contributed by atoms with E-state index in [-0.39, 0.29) is 0 Å². The number of para-hydroxylation sites is 1. The van der Waals surface area contributed by atoms with Crippen LogP contribution < -0.4 is 4.74 Å². The predicted octanol–water partition coefficient (Wildman–Crippen LogP) is 5.10. The van der Waals surface area contributed by atoms with Gasteiger partial charge in [-0.05, 0) is 42.0 Å². The zero-order valence-electron chi connectivity index (χ0n) is 12.6. The summed E-state index contributed by atoms with van der Waals surface area (Å²) < 4.78 is 5.36. The second kappa shape index (κ2) is 7.49. The van der Waals surface area contributed by atoms with Crippen molar-refractivity contribution in [1.82, 2.24) is 10.2 Å². The van der Waals surface area contributed by atoms with Gasteiger partial charge in [-0.1, -0.05) is 47.6 Å². The highest BCUT2D eigenvalue weighted by Crippen LogP contribution is 2.29. The number of benzene rings is 2. The normalized spacial score (nSPS) is 10.5. The van der Waals surface area contributed by atoms with Crippen LogP contribution in [0.25, 0.3) is 11.3 Å². The molecule has 1 heterocycles. The monoisotopic (exact) mass is 342 g/mol. The second-order valence-corrected chi connectivity index (χ2v) is 6.30. The average Bonchev–Trinajstić information content (AvgIpc) is 2.62. The fourth-order valence-corrected chi connectivity index (χ4v) is 3.03. The minimum absolute atomic E-state index is 0.750. The van der Waals surface area contributed by atoms with Gasteiger partial charge in [0.05, 0.1) is 12.8 Å². The summed E-state index contributed by atoms with van der Waals surface area (Å²) >= 11 is 7.54. The Morgan fingerprint density at radius 3 is 2.43 bits per heavy atom. The Labute approximate surface area is 144 Å². The van der Waals surface area contributed by atoms with E-state index in [4.69, 9.17) is 16.3 Å². The summed E-state index contributed by atoms with van der Waals surface area (Å²) in [6, 6.07) is 19.6. The highest BCUT2D eigenvalue weighted by atomic mass is 35.5. The van der Waals surface area contributed by atoms with Crippen molar-refractivity contribution in [2.75, 3.05) is 7.11 Å². The van der Waals surface area contributed by atoms with Crippen LogP contribution in [-0.2, 0) is 5.75 Å². The lowest BCUT2D eigenvalue weighted by Gasteiger charge is -2.07. The van der Waals surface area contributed by atoms with Crippen molar-refractivity contribution in [3.8, 4) is 17.0 Å². The number of methoxy groups -OCH3 is 1. The van der Waals surface area contributed by atoms with Gasteiger partial charge < -0.3 is 4.74 Å². The standard InChI is InChI=1S/C18H15ClN2OS/c1-22-17-5-3-2-4-15(17)16-10-11-18(21-20-16)23-12-13-6-8-14(19)9-7-13/h2-11H,12H2,1H3. The molecule has 0 N–H and O–H groups in total. The number of thioether (sulfide) groups is 1. The molecule has 0 unspecified atom stereocenters. The number of ether oxygens (including phenoxy) is 1. The molecule has 0 fully saturated rings. The SMILES string of the molecule is COc1ccccc1-c1ccc(SCc2ccc(Cl)cc2)nn1. The summed E-state index contributed by atoms with van der Waals surface area (Å²) in [6.07, 6.45) is 0. The Morgan fingerprint density at radius 2 is 1.74 bits per heavy atom. The van der Waals surface area contributed by atoms with Gasteiger partial charge in [-0.2, -0.15) is 0 Å². The first-order chi connectivity index (χ1) is 11.3. The minimum atomic E-state index is 0.750. The molecule has 1 aromatic heterocycles. The molecule has 0 bridgehead atoms. The molecule has 0 amide bonds. The van der Waals surface area contributed by atoms with Crippen molar-refractivity contribution in [3.05, 3.63) is 71.2 Å². The number of hydrogen-bond acceptors (Lipinski definition) is 4. The fourth-order valence-electron chi connectivity index (χ4n) is 2.13. The molecule has 2 aromatic carbocycles. The minimum Gasteiger partial charge on any atom is -0.496 e. The van der Waals surface area contributed by atoms with Gasteiger partial charge in [-0.15, -0.1) is 10.2 Å². The third-order valence-corrected chi connectivity index (χ3v) is 4.57. The lowest BCUT2D eigenvalue weighted by atomic mass is 10.1. The lowest BCUT2D eigenvalue weighted by molar-refractivity contribution is 0.416. The third kappa shape index (κ3) is 4.03. The number of halogens is 1. The highest BCUT2D eigenvalue weighted by Gasteiger charge is 2.07. The third-order valence-electron chi connectivity index (χ3n) is 3.32. The van der Waals surface area contributed by atoms with E-state index < -0.39 is 0 Å². The summed E-state index contributed by atoms with van der Waals surface area (Å²) in [5, 5.41) is 10.2. The molecule has 3 nitrogen and oxygen atoms in total. The van der Waals surface area contributed by atoms with E-state index in [9.17, 15) is 0 Å². The molecule has 0 saturated heterocycles. The maximum absolute atomic E-state index is 5.89. The van der Waals surface area contributed by atoms with Crippen LogP contribution >= 0.6 is 23.4 Å². The maximum Gasteiger partial charge on any atom is 0.128 e. The topological polar surface area (TPSA) is 35.0 Å². The zero-order chi connectivity index (χ0) is 16.1. The Balaban J connectivity index is 1.71. The Morgan fingerprint density at radius 1 is 0.957 bits per heavy atom. The van der Waals surface area contributed by atoms with Crippen LogP contribution in [0.3, 0.4) is 0 Å². The first-order valence-electron chi connectivity index (χ1n) is 7.10. The molecule has 23 heavy (non-hydrogen) atoms. The van der Waals surface area contributed by atoms with Gasteiger partial charge in [0.1, 0.15) is 10.8 Å². The molecule has 0 saturated carbocycles. The maximum atomic E-state index is 5.89. The van der Waals surface area contributed by atoms with Crippen LogP contribution in [-0.4, -0.2) is 17.3 Å². The lowest BCUT2D eigenvalue weighted by Crippen LogP contribution is -1.93. The van der Waals surface area contributed by atoms with E-state index in [1.54, 1.807) is 18.9 Å². The van der Waals surface area contributed by atoms with Crippen LogP contribution in [0.1, 0.15) is 5.56 Å². The molecule has 0 atom stereocenters. The molecule has 116 valence electrons. The number of hydrogen-bond donors (Lipinski definition) is 0. The van der Waals surface area contributed by atoms with E-state index >= 15 is 0 Å². The summed E-state index contributed by atoms with van der Waals surface area (Å²) in [4.78, 5) is 0. The fraction of sp³-hybridized carbons (Fsp3) is 0.111. The van der Waals surface area contributed by atoms with Crippen molar-refractivity contribution in [2.45, 2.75) is 10.8 Å². The molecule has 5 heteroatoms. The van der Waals surface area contributed by atoms with E-state index in [0.717, 1.165) is 32.8 Å². The largest absolute Gasteiger partial charge is 0.496 e. The van der Waals surface area contributed by atoms with Gasteiger partial charge in [0.15, 0.2) is 0 Å². The summed E-state index contributed by atoms with van der Waals surface area (Å²) in [5.74, 6) is 1.63. The van der Waals surface area contributed by atoms with Gasteiger partial charge in [0.25, 0.3) is 0 Å². The molecule has 0 aliphatic rings. The van der Waals surface area contributed by atoms with Crippen LogP contribution in [0.5, 0.6) is 5.75 Å². The number of aromatic nitrogens is 2. The quantitative estimate of drug-likeness (QED) is 0.604. The van der Waals surface area contributed by atoms with Crippen LogP contribution in [0, 0.1) is 0 Å². The Kier molecular flexibility index (Phi) is 5.16. The molecule has 0 spiro atoms. The summed E-state index contributed by atoms with van der Waals surface area (Å²) in [5.41, 5.74) is 2.95. The van der Waals surface area contributed by atoms with Gasteiger partial charge in [0.2, 0.25) is 0 Å². The molecule has 0 aliphatic carbocycles. The molecular weight excluding hydrogens is 328 g/mol. The van der Waals surface area contributed by atoms with Crippen molar-refractivity contribution >= 4 is 23.4 Å². The van der Waals surface area contributed by atoms with Crippen molar-refractivity contribution in [3.63, 3.8) is 0 Å². The molecule has 3 rings (SSSR count). The second-order valence-electron chi connectivity index (χ2n) is 4.87. The van der Waals surface area contributed by atoms with Crippen molar-refractivity contribution in [2.24, 2.45) is 0 Å². The van der Waals surface area contributed by atoms with Crippen LogP contribution in [0.2, 0.25) is 5.02 Å². The zero-order valence-corrected chi connectivity index (χ0v) is 14.1. The van der Waals surface area contributed by atoms with Gasteiger partial charge >= 0.3 is 0 Å². The predicted molar refractivity (Wildman–Crippen MR) is 95.0 cm³/mol. The number of rotatable bonds is 5. The average molecular weight is 343 g/mol. The smallest absolute Gasteiger partial charge is 0.128 e. The molecular formula is C18H15ClN2OS. The number of nitrogens with zero attached hydrogens (tertiary/aromatic N) is 2. The van der Waals surface area contributed by atoms with Gasteiger partial charge in [0, 0.05) is 16.3 Å². The van der Waals surface area contributed by atoms with Gasteiger partial charge in [-0.3, -0.25) is 0 Å². The highest BCUT2D eigenvalue weighted by molar-refractivity contribution is 7.98. The van der Waals surface area contributed by atoms with E-state index in [2.05, 4.69) is 10.2 Å². The Bertz CT molecular complexity index is 776. The van der Waals surface area contributed by atoms with E-state index in [0.29, 0.717) is 0 Å². The Hall–Kier alpha value is -2.04. The van der Waals surface area contributed by atoms with Crippen molar-refractivity contribution in [1.29, 1.82) is 0 Å². The summed E-state index contributed by atoms with van der Waals surface area (Å²) in [6.45, 7) is 0. The first-order valence-corrected chi connectivity index (χ1v) is 8.47. The van der Waals surface area contributed by atoms with Crippen molar-refractivity contribution < 1.29 is 4.74 Å². The first kappa shape index (κ1) is 15.8. The van der Waals surface area contributed by atoms with Crippen LogP contribution in [0.4, 0.5) is 0 Å².